The normalized spacial score (nSPS) is 10.6. The fourth-order valence-electron chi connectivity index (χ4n) is 2.86. The molecule has 0 spiro atoms. The Balaban J connectivity index is 1.73. The molecule has 5 nitrogen and oxygen atoms in total. The van der Waals surface area contributed by atoms with Crippen LogP contribution in [0.4, 0.5) is 4.39 Å². The van der Waals surface area contributed by atoms with Crippen LogP contribution in [-0.2, 0) is 0 Å². The number of halogens is 1. The van der Waals surface area contributed by atoms with E-state index in [0.29, 0.717) is 22.7 Å². The molecule has 1 heterocycles. The smallest absolute Gasteiger partial charge is 0.344 e. The fourth-order valence-corrected chi connectivity index (χ4v) is 2.86. The molecule has 0 unspecified atom stereocenters. The predicted molar refractivity (Wildman–Crippen MR) is 107 cm³/mol. The van der Waals surface area contributed by atoms with Crippen molar-refractivity contribution in [1.29, 1.82) is 0 Å². The number of esters is 1. The Morgan fingerprint density at radius 1 is 0.931 bits per heavy atom. The van der Waals surface area contributed by atoms with Gasteiger partial charge in [-0.3, -0.25) is 0 Å². The van der Waals surface area contributed by atoms with Gasteiger partial charge in [-0.2, -0.15) is 5.10 Å². The van der Waals surface area contributed by atoms with Crippen LogP contribution in [-0.4, -0.2) is 22.9 Å². The van der Waals surface area contributed by atoms with Gasteiger partial charge >= 0.3 is 5.97 Å². The van der Waals surface area contributed by atoms with E-state index >= 15 is 0 Å². The first kappa shape index (κ1) is 18.4. The SMILES string of the molecule is COc1cccc(C(=O)Oc2cc(-c3ccccc3)nn2-c2ccc(F)cc2)c1. The average molecular weight is 388 g/mol. The molecular weight excluding hydrogens is 371 g/mol. The summed E-state index contributed by atoms with van der Waals surface area (Å²) in [5, 5.41) is 4.55. The van der Waals surface area contributed by atoms with Gasteiger partial charge in [0.2, 0.25) is 5.88 Å². The molecule has 4 rings (SSSR count). The molecule has 0 aliphatic heterocycles. The lowest BCUT2D eigenvalue weighted by atomic mass is 10.2. The summed E-state index contributed by atoms with van der Waals surface area (Å²) in [6.07, 6.45) is 0. The Kier molecular flexibility index (Phi) is 5.07. The van der Waals surface area contributed by atoms with E-state index in [1.165, 1.54) is 23.9 Å². The van der Waals surface area contributed by atoms with Crippen molar-refractivity contribution >= 4 is 5.97 Å². The van der Waals surface area contributed by atoms with E-state index in [2.05, 4.69) is 5.10 Å². The number of ether oxygens (including phenoxy) is 2. The molecule has 0 radical (unpaired) electrons. The molecule has 0 atom stereocenters. The molecule has 0 bridgehead atoms. The zero-order chi connectivity index (χ0) is 20.2. The van der Waals surface area contributed by atoms with Gasteiger partial charge in [0.25, 0.3) is 0 Å². The van der Waals surface area contributed by atoms with E-state index in [9.17, 15) is 9.18 Å². The maximum absolute atomic E-state index is 13.3. The third-order valence-corrected chi connectivity index (χ3v) is 4.32. The number of carbonyl (C=O) groups excluding carboxylic acids is 1. The quantitative estimate of drug-likeness (QED) is 0.456. The van der Waals surface area contributed by atoms with Crippen LogP contribution >= 0.6 is 0 Å². The molecule has 144 valence electrons. The van der Waals surface area contributed by atoms with Gasteiger partial charge in [0.15, 0.2) is 0 Å². The van der Waals surface area contributed by atoms with Gasteiger partial charge in [-0.05, 0) is 42.5 Å². The molecule has 0 saturated heterocycles. The lowest BCUT2D eigenvalue weighted by Gasteiger charge is -2.08. The molecule has 0 saturated carbocycles. The highest BCUT2D eigenvalue weighted by Crippen LogP contribution is 2.27. The summed E-state index contributed by atoms with van der Waals surface area (Å²) in [4.78, 5) is 12.7. The first-order valence-electron chi connectivity index (χ1n) is 8.92. The Morgan fingerprint density at radius 2 is 1.69 bits per heavy atom. The van der Waals surface area contributed by atoms with Gasteiger partial charge in [-0.1, -0.05) is 36.4 Å². The van der Waals surface area contributed by atoms with Gasteiger partial charge in [0.1, 0.15) is 11.6 Å². The second kappa shape index (κ2) is 7.98. The van der Waals surface area contributed by atoms with E-state index < -0.39 is 5.97 Å². The Labute approximate surface area is 166 Å². The Hall–Kier alpha value is -3.93. The molecule has 0 aliphatic rings. The lowest BCUT2D eigenvalue weighted by Crippen LogP contribution is -2.11. The van der Waals surface area contributed by atoms with Crippen molar-refractivity contribution in [2.75, 3.05) is 7.11 Å². The minimum atomic E-state index is -0.549. The second-order valence-electron chi connectivity index (χ2n) is 6.24. The third kappa shape index (κ3) is 4.01. The van der Waals surface area contributed by atoms with Crippen molar-refractivity contribution in [3.8, 4) is 28.6 Å². The number of nitrogens with zero attached hydrogens (tertiary/aromatic N) is 2. The molecule has 0 amide bonds. The minimum Gasteiger partial charge on any atom is -0.497 e. The van der Waals surface area contributed by atoms with Crippen molar-refractivity contribution < 1.29 is 18.7 Å². The van der Waals surface area contributed by atoms with Gasteiger partial charge in [0.05, 0.1) is 24.1 Å². The summed E-state index contributed by atoms with van der Waals surface area (Å²) >= 11 is 0. The summed E-state index contributed by atoms with van der Waals surface area (Å²) in [5.74, 6) is -0.134. The number of carbonyl (C=O) groups is 1. The Morgan fingerprint density at radius 3 is 2.41 bits per heavy atom. The van der Waals surface area contributed by atoms with E-state index in [1.807, 2.05) is 30.3 Å². The number of hydrogen-bond donors (Lipinski definition) is 0. The summed E-state index contributed by atoms with van der Waals surface area (Å²) < 4.78 is 25.6. The van der Waals surface area contributed by atoms with Crippen molar-refractivity contribution in [2.24, 2.45) is 0 Å². The molecule has 0 N–H and O–H groups in total. The van der Waals surface area contributed by atoms with E-state index in [1.54, 1.807) is 42.5 Å². The number of hydrogen-bond acceptors (Lipinski definition) is 4. The number of aromatic nitrogens is 2. The highest BCUT2D eigenvalue weighted by molar-refractivity contribution is 5.91. The molecule has 0 fully saturated rings. The topological polar surface area (TPSA) is 53.4 Å². The molecule has 0 aliphatic carbocycles. The van der Waals surface area contributed by atoms with Crippen LogP contribution < -0.4 is 9.47 Å². The standard InChI is InChI=1S/C23H17FN2O3/c1-28-20-9-5-8-17(14-20)23(27)29-22-15-21(16-6-3-2-4-7-16)25-26(22)19-12-10-18(24)11-13-19/h2-15H,1H3. The summed E-state index contributed by atoms with van der Waals surface area (Å²) in [6, 6.07) is 23.7. The van der Waals surface area contributed by atoms with Gasteiger partial charge in [-0.15, -0.1) is 0 Å². The van der Waals surface area contributed by atoms with E-state index in [0.717, 1.165) is 5.56 Å². The minimum absolute atomic E-state index is 0.225. The average Bonchev–Trinajstić information content (AvgIpc) is 3.18. The number of methoxy groups -OCH3 is 1. The highest BCUT2D eigenvalue weighted by atomic mass is 19.1. The van der Waals surface area contributed by atoms with Gasteiger partial charge in [-0.25, -0.2) is 13.9 Å². The Bertz CT molecular complexity index is 1140. The maximum atomic E-state index is 13.3. The van der Waals surface area contributed by atoms with Crippen LogP contribution in [0.1, 0.15) is 10.4 Å². The first-order valence-corrected chi connectivity index (χ1v) is 8.92. The first-order chi connectivity index (χ1) is 14.1. The third-order valence-electron chi connectivity index (χ3n) is 4.32. The summed E-state index contributed by atoms with van der Waals surface area (Å²) in [6.45, 7) is 0. The summed E-state index contributed by atoms with van der Waals surface area (Å²) in [5.41, 5.74) is 2.41. The number of rotatable bonds is 5. The van der Waals surface area contributed by atoms with Crippen LogP contribution in [0.5, 0.6) is 11.6 Å². The van der Waals surface area contributed by atoms with Gasteiger partial charge in [0, 0.05) is 11.6 Å². The zero-order valence-corrected chi connectivity index (χ0v) is 15.6. The predicted octanol–water partition coefficient (Wildman–Crippen LogP) is 4.91. The van der Waals surface area contributed by atoms with Crippen molar-refractivity contribution in [1.82, 2.24) is 9.78 Å². The maximum Gasteiger partial charge on any atom is 0.344 e. The monoisotopic (exact) mass is 388 g/mol. The molecule has 4 aromatic rings. The van der Waals surface area contributed by atoms with Crippen molar-refractivity contribution in [3.05, 3.63) is 96.3 Å². The van der Waals surface area contributed by atoms with Crippen LogP contribution in [0.2, 0.25) is 0 Å². The second-order valence-corrected chi connectivity index (χ2v) is 6.24. The van der Waals surface area contributed by atoms with Crippen molar-refractivity contribution in [3.63, 3.8) is 0 Å². The highest BCUT2D eigenvalue weighted by Gasteiger charge is 2.17. The zero-order valence-electron chi connectivity index (χ0n) is 15.6. The fraction of sp³-hybridized carbons (Fsp3) is 0.0435. The molecule has 6 heteroatoms. The number of benzene rings is 3. The van der Waals surface area contributed by atoms with Crippen LogP contribution in [0.15, 0.2) is 84.9 Å². The van der Waals surface area contributed by atoms with Crippen molar-refractivity contribution in [2.45, 2.75) is 0 Å². The van der Waals surface area contributed by atoms with Crippen LogP contribution in [0.25, 0.3) is 16.9 Å². The van der Waals surface area contributed by atoms with E-state index in [-0.39, 0.29) is 11.7 Å². The summed E-state index contributed by atoms with van der Waals surface area (Å²) in [7, 11) is 1.53. The molecular formula is C23H17FN2O3. The molecule has 3 aromatic carbocycles. The van der Waals surface area contributed by atoms with Crippen LogP contribution in [0.3, 0.4) is 0 Å². The largest absolute Gasteiger partial charge is 0.497 e. The van der Waals surface area contributed by atoms with E-state index in [4.69, 9.17) is 9.47 Å². The van der Waals surface area contributed by atoms with Gasteiger partial charge < -0.3 is 9.47 Å². The molecule has 29 heavy (non-hydrogen) atoms. The lowest BCUT2D eigenvalue weighted by molar-refractivity contribution is 0.0722. The van der Waals surface area contributed by atoms with Crippen LogP contribution in [0, 0.1) is 5.82 Å². The molecule has 1 aromatic heterocycles.